The molecule has 0 aliphatic carbocycles. The van der Waals surface area contributed by atoms with E-state index >= 15 is 0 Å². The molecule has 16 heavy (non-hydrogen) atoms. The fraction of sp³-hybridized carbons (Fsp3) is 0.917. The molecule has 0 radical (unpaired) electrons. The van der Waals surface area contributed by atoms with E-state index in [1.54, 1.807) is 0 Å². The number of amides is 1. The van der Waals surface area contributed by atoms with E-state index in [1.165, 1.54) is 0 Å². The summed E-state index contributed by atoms with van der Waals surface area (Å²) in [6.07, 6.45) is 2.92. The van der Waals surface area contributed by atoms with Crippen molar-refractivity contribution < 1.29 is 4.79 Å². The molecule has 4 nitrogen and oxygen atoms in total. The maximum absolute atomic E-state index is 11.8. The summed E-state index contributed by atoms with van der Waals surface area (Å²) in [5, 5.41) is 3.32. The number of nitrogens with zero attached hydrogens (tertiary/aromatic N) is 2. The van der Waals surface area contributed by atoms with Crippen molar-refractivity contribution in [3.63, 3.8) is 0 Å². The van der Waals surface area contributed by atoms with E-state index in [9.17, 15) is 4.79 Å². The van der Waals surface area contributed by atoms with Crippen LogP contribution in [0.5, 0.6) is 0 Å². The van der Waals surface area contributed by atoms with Crippen LogP contribution in [0, 0.1) is 0 Å². The van der Waals surface area contributed by atoms with Crippen LogP contribution in [0.4, 0.5) is 0 Å². The Morgan fingerprint density at radius 1 is 1.38 bits per heavy atom. The van der Waals surface area contributed by atoms with E-state index in [-0.39, 0.29) is 5.91 Å². The lowest BCUT2D eigenvalue weighted by Crippen LogP contribution is -2.44. The average molecular weight is 227 g/mol. The van der Waals surface area contributed by atoms with Crippen LogP contribution in [-0.4, -0.2) is 62.0 Å². The predicted molar refractivity (Wildman–Crippen MR) is 66.5 cm³/mol. The van der Waals surface area contributed by atoms with Crippen LogP contribution in [-0.2, 0) is 4.79 Å². The summed E-state index contributed by atoms with van der Waals surface area (Å²) in [4.78, 5) is 16.0. The number of carbonyl (C=O) groups is 1. The Kier molecular flexibility index (Phi) is 6.42. The van der Waals surface area contributed by atoms with Crippen molar-refractivity contribution in [3.8, 4) is 0 Å². The van der Waals surface area contributed by atoms with Crippen LogP contribution in [0.25, 0.3) is 0 Å². The third-order valence-corrected chi connectivity index (χ3v) is 3.12. The van der Waals surface area contributed by atoms with Crippen molar-refractivity contribution >= 4 is 5.91 Å². The normalized spacial score (nSPS) is 17.4. The van der Waals surface area contributed by atoms with Crippen molar-refractivity contribution in [2.24, 2.45) is 0 Å². The zero-order chi connectivity index (χ0) is 11.8. The van der Waals surface area contributed by atoms with Gasteiger partial charge in [-0.3, -0.25) is 4.79 Å². The van der Waals surface area contributed by atoms with E-state index in [0.717, 1.165) is 52.1 Å². The van der Waals surface area contributed by atoms with Crippen LogP contribution in [0.15, 0.2) is 0 Å². The second-order valence-electron chi connectivity index (χ2n) is 4.51. The molecular formula is C12H25N3O. The molecule has 0 spiro atoms. The summed E-state index contributed by atoms with van der Waals surface area (Å²) in [6.45, 7) is 8.23. The molecule has 4 heteroatoms. The molecule has 1 heterocycles. The Morgan fingerprint density at radius 3 is 2.69 bits per heavy atom. The Morgan fingerprint density at radius 2 is 2.06 bits per heavy atom. The first-order valence-electron chi connectivity index (χ1n) is 6.41. The highest BCUT2D eigenvalue weighted by Crippen LogP contribution is 1.99. The number of hydrogen-bond acceptors (Lipinski definition) is 3. The third kappa shape index (κ3) is 4.94. The van der Waals surface area contributed by atoms with Crippen molar-refractivity contribution in [3.05, 3.63) is 0 Å². The third-order valence-electron chi connectivity index (χ3n) is 3.12. The monoisotopic (exact) mass is 227 g/mol. The van der Waals surface area contributed by atoms with Crippen molar-refractivity contribution in [1.82, 2.24) is 15.1 Å². The van der Waals surface area contributed by atoms with Crippen molar-refractivity contribution in [2.45, 2.75) is 26.2 Å². The van der Waals surface area contributed by atoms with Gasteiger partial charge in [0, 0.05) is 52.7 Å². The Bertz CT molecular complexity index is 202. The quantitative estimate of drug-likeness (QED) is 0.719. The molecule has 1 saturated heterocycles. The molecule has 1 rings (SSSR count). The Balaban J connectivity index is 2.12. The fourth-order valence-electron chi connectivity index (χ4n) is 1.90. The van der Waals surface area contributed by atoms with E-state index in [1.807, 2.05) is 11.9 Å². The van der Waals surface area contributed by atoms with Gasteiger partial charge in [0.1, 0.15) is 0 Å². The largest absolute Gasteiger partial charge is 0.346 e. The lowest BCUT2D eigenvalue weighted by atomic mass is 10.2. The number of hydrogen-bond donors (Lipinski definition) is 1. The second kappa shape index (κ2) is 7.63. The summed E-state index contributed by atoms with van der Waals surface area (Å²) in [6, 6.07) is 0. The molecule has 0 aromatic heterocycles. The maximum Gasteiger partial charge on any atom is 0.223 e. The van der Waals surface area contributed by atoms with Gasteiger partial charge in [0.2, 0.25) is 5.91 Å². The highest BCUT2D eigenvalue weighted by molar-refractivity contribution is 5.76. The van der Waals surface area contributed by atoms with Crippen molar-refractivity contribution in [2.75, 3.05) is 46.3 Å². The van der Waals surface area contributed by atoms with Crippen LogP contribution in [0.3, 0.4) is 0 Å². The summed E-state index contributed by atoms with van der Waals surface area (Å²) < 4.78 is 0. The summed E-state index contributed by atoms with van der Waals surface area (Å²) in [7, 11) is 1.91. The summed E-state index contributed by atoms with van der Waals surface area (Å²) in [5.74, 6) is 0.284. The minimum atomic E-state index is 0.284. The number of rotatable bonds is 6. The molecule has 0 atom stereocenters. The molecule has 0 aromatic carbocycles. The average Bonchev–Trinajstić information content (AvgIpc) is 2.34. The van der Waals surface area contributed by atoms with E-state index in [2.05, 4.69) is 17.1 Å². The van der Waals surface area contributed by atoms with Crippen LogP contribution >= 0.6 is 0 Å². The van der Waals surface area contributed by atoms with Crippen molar-refractivity contribution in [1.29, 1.82) is 0 Å². The van der Waals surface area contributed by atoms with E-state index < -0.39 is 0 Å². The SMILES string of the molecule is CCCCN(C)C(=O)CCN1CCNCC1. The molecule has 1 amide bonds. The Labute approximate surface area is 99.0 Å². The minimum absolute atomic E-state index is 0.284. The van der Waals surface area contributed by atoms with Crippen LogP contribution in [0.1, 0.15) is 26.2 Å². The fourth-order valence-corrected chi connectivity index (χ4v) is 1.90. The maximum atomic E-state index is 11.8. The molecule has 0 bridgehead atoms. The van der Waals surface area contributed by atoms with Gasteiger partial charge in [-0.25, -0.2) is 0 Å². The highest BCUT2D eigenvalue weighted by atomic mass is 16.2. The topological polar surface area (TPSA) is 35.6 Å². The van der Waals surface area contributed by atoms with Gasteiger partial charge in [-0.05, 0) is 6.42 Å². The summed E-state index contributed by atoms with van der Waals surface area (Å²) >= 11 is 0. The Hall–Kier alpha value is -0.610. The molecule has 0 saturated carbocycles. The molecule has 1 aliphatic heterocycles. The van der Waals surface area contributed by atoms with Gasteiger partial charge in [-0.15, -0.1) is 0 Å². The second-order valence-corrected chi connectivity index (χ2v) is 4.51. The number of unbranched alkanes of at least 4 members (excludes halogenated alkanes) is 1. The first-order chi connectivity index (χ1) is 7.74. The van der Waals surface area contributed by atoms with Gasteiger partial charge >= 0.3 is 0 Å². The smallest absolute Gasteiger partial charge is 0.223 e. The number of piperazine rings is 1. The standard InChI is InChI=1S/C12H25N3O/c1-3-4-8-14(2)12(16)5-9-15-10-6-13-7-11-15/h13H,3-11H2,1-2H3. The van der Waals surface area contributed by atoms with Crippen LogP contribution < -0.4 is 5.32 Å². The molecule has 0 aromatic rings. The van der Waals surface area contributed by atoms with Crippen LogP contribution in [0.2, 0.25) is 0 Å². The molecule has 1 aliphatic rings. The van der Waals surface area contributed by atoms with Gasteiger partial charge in [0.25, 0.3) is 0 Å². The zero-order valence-corrected chi connectivity index (χ0v) is 10.7. The number of nitrogens with one attached hydrogen (secondary N) is 1. The summed E-state index contributed by atoms with van der Waals surface area (Å²) in [5.41, 5.74) is 0. The predicted octanol–water partition coefficient (Wildman–Crippen LogP) is 0.540. The number of carbonyl (C=O) groups excluding carboxylic acids is 1. The molecule has 94 valence electrons. The van der Waals surface area contributed by atoms with Gasteiger partial charge in [-0.2, -0.15) is 0 Å². The lowest BCUT2D eigenvalue weighted by molar-refractivity contribution is -0.130. The molecule has 0 unspecified atom stereocenters. The highest BCUT2D eigenvalue weighted by Gasteiger charge is 2.13. The van der Waals surface area contributed by atoms with Gasteiger partial charge in [-0.1, -0.05) is 13.3 Å². The molecule has 1 N–H and O–H groups in total. The molecule has 1 fully saturated rings. The van der Waals surface area contributed by atoms with E-state index in [0.29, 0.717) is 6.42 Å². The van der Waals surface area contributed by atoms with E-state index in [4.69, 9.17) is 0 Å². The first-order valence-corrected chi connectivity index (χ1v) is 6.41. The minimum Gasteiger partial charge on any atom is -0.346 e. The van der Waals surface area contributed by atoms with Gasteiger partial charge < -0.3 is 15.1 Å². The van der Waals surface area contributed by atoms with Gasteiger partial charge in [0.15, 0.2) is 0 Å². The lowest BCUT2D eigenvalue weighted by Gasteiger charge is -2.27. The first kappa shape index (κ1) is 13.5. The van der Waals surface area contributed by atoms with Gasteiger partial charge in [0.05, 0.1) is 0 Å². The zero-order valence-electron chi connectivity index (χ0n) is 10.7. The molecular weight excluding hydrogens is 202 g/mol.